The van der Waals surface area contributed by atoms with Gasteiger partial charge >= 0.3 is 0 Å². The van der Waals surface area contributed by atoms with Gasteiger partial charge < -0.3 is 4.90 Å². The van der Waals surface area contributed by atoms with Crippen molar-refractivity contribution < 1.29 is 0 Å². The van der Waals surface area contributed by atoms with E-state index in [1.165, 1.54) is 30.4 Å². The highest BCUT2D eigenvalue weighted by Crippen LogP contribution is 2.34. The number of hydrogen-bond donors (Lipinski definition) is 0. The Morgan fingerprint density at radius 3 is 2.53 bits per heavy atom. The second-order valence-corrected chi connectivity index (χ2v) is 6.34. The predicted octanol–water partition coefficient (Wildman–Crippen LogP) is 4.41. The van der Waals surface area contributed by atoms with Gasteiger partial charge in [0.25, 0.3) is 0 Å². The minimum Gasteiger partial charge on any atom is -0.302 e. The molecule has 0 heterocycles. The predicted molar refractivity (Wildman–Crippen MR) is 77.2 cm³/mol. The standard InChI is InChI=1S/C16H29N/c1-7-14-11-13(2)9-8-10-16(3,4)15(12-14)17(5)6/h11-12,15H,7-10H2,1-6H3/b13-11-,14-12-. The van der Waals surface area contributed by atoms with Crippen molar-refractivity contribution in [3.8, 4) is 0 Å². The fourth-order valence-corrected chi connectivity index (χ4v) is 2.90. The fourth-order valence-electron chi connectivity index (χ4n) is 2.90. The van der Waals surface area contributed by atoms with Crippen LogP contribution in [-0.4, -0.2) is 25.0 Å². The van der Waals surface area contributed by atoms with Crippen molar-refractivity contribution in [2.75, 3.05) is 14.1 Å². The minimum atomic E-state index is 0.363. The largest absolute Gasteiger partial charge is 0.302 e. The van der Waals surface area contributed by atoms with E-state index in [0.717, 1.165) is 6.42 Å². The highest BCUT2D eigenvalue weighted by molar-refractivity contribution is 5.26. The summed E-state index contributed by atoms with van der Waals surface area (Å²) in [7, 11) is 4.40. The van der Waals surface area contributed by atoms with Crippen molar-refractivity contribution in [3.63, 3.8) is 0 Å². The first-order valence-corrected chi connectivity index (χ1v) is 6.91. The van der Waals surface area contributed by atoms with Gasteiger partial charge in [0.1, 0.15) is 0 Å². The van der Waals surface area contributed by atoms with Gasteiger partial charge in [-0.25, -0.2) is 0 Å². The monoisotopic (exact) mass is 235 g/mol. The second kappa shape index (κ2) is 5.86. The highest BCUT2D eigenvalue weighted by atomic mass is 15.1. The molecule has 0 spiro atoms. The van der Waals surface area contributed by atoms with E-state index in [1.807, 2.05) is 0 Å². The maximum atomic E-state index is 2.48. The van der Waals surface area contributed by atoms with Crippen LogP contribution in [0.5, 0.6) is 0 Å². The SMILES string of the molecule is CCC1=C/C(N(C)C)C(C)(C)CCC/C(C)=C\1. The van der Waals surface area contributed by atoms with Crippen LogP contribution in [0.2, 0.25) is 0 Å². The Kier molecular flexibility index (Phi) is 5.00. The Bertz CT molecular complexity index is 307. The molecule has 0 fully saturated rings. The van der Waals surface area contributed by atoms with Gasteiger partial charge in [0.15, 0.2) is 0 Å². The summed E-state index contributed by atoms with van der Waals surface area (Å²) < 4.78 is 0. The van der Waals surface area contributed by atoms with Crippen LogP contribution < -0.4 is 0 Å². The van der Waals surface area contributed by atoms with E-state index in [9.17, 15) is 0 Å². The number of nitrogens with zero attached hydrogens (tertiary/aromatic N) is 1. The van der Waals surface area contributed by atoms with Gasteiger partial charge in [0.05, 0.1) is 0 Å². The number of allylic oxidation sites excluding steroid dienone is 3. The lowest BCUT2D eigenvalue weighted by Gasteiger charge is -2.37. The van der Waals surface area contributed by atoms with Crippen molar-refractivity contribution in [3.05, 3.63) is 23.3 Å². The van der Waals surface area contributed by atoms with Crippen LogP contribution in [-0.2, 0) is 0 Å². The third-order valence-corrected chi connectivity index (χ3v) is 3.96. The summed E-state index contributed by atoms with van der Waals surface area (Å²) in [5, 5.41) is 0. The lowest BCUT2D eigenvalue weighted by atomic mass is 9.78. The average Bonchev–Trinajstić information content (AvgIpc) is 2.26. The molecule has 1 heteroatoms. The first-order valence-electron chi connectivity index (χ1n) is 6.91. The topological polar surface area (TPSA) is 3.24 Å². The Labute approximate surface area is 108 Å². The fraction of sp³-hybridized carbons (Fsp3) is 0.750. The van der Waals surface area contributed by atoms with Crippen LogP contribution in [0, 0.1) is 5.41 Å². The molecule has 1 nitrogen and oxygen atoms in total. The molecule has 0 amide bonds. The quantitative estimate of drug-likeness (QED) is 0.685. The van der Waals surface area contributed by atoms with Crippen LogP contribution in [0.3, 0.4) is 0 Å². The van der Waals surface area contributed by atoms with Gasteiger partial charge in [-0.1, -0.05) is 44.1 Å². The molecule has 0 aliphatic heterocycles. The number of hydrogen-bond acceptors (Lipinski definition) is 1. The van der Waals surface area contributed by atoms with E-state index < -0.39 is 0 Å². The normalized spacial score (nSPS) is 31.8. The van der Waals surface area contributed by atoms with Crippen LogP contribution >= 0.6 is 0 Å². The van der Waals surface area contributed by atoms with E-state index in [4.69, 9.17) is 0 Å². The summed E-state index contributed by atoms with van der Waals surface area (Å²) in [6.07, 6.45) is 9.88. The molecule has 17 heavy (non-hydrogen) atoms. The Balaban J connectivity index is 3.09. The first-order chi connectivity index (χ1) is 7.86. The average molecular weight is 235 g/mol. The van der Waals surface area contributed by atoms with E-state index >= 15 is 0 Å². The molecule has 98 valence electrons. The molecular weight excluding hydrogens is 206 g/mol. The second-order valence-electron chi connectivity index (χ2n) is 6.34. The number of likely N-dealkylation sites (N-methyl/N-ethyl adjacent to an activating group) is 1. The van der Waals surface area contributed by atoms with E-state index in [-0.39, 0.29) is 0 Å². The molecule has 1 aliphatic rings. The summed E-state index contributed by atoms with van der Waals surface area (Å²) in [6, 6.07) is 0.541. The molecular formula is C16H29N. The summed E-state index contributed by atoms with van der Waals surface area (Å²) in [4.78, 5) is 2.37. The van der Waals surface area contributed by atoms with Gasteiger partial charge in [-0.2, -0.15) is 0 Å². The van der Waals surface area contributed by atoms with Crippen molar-refractivity contribution in [1.29, 1.82) is 0 Å². The van der Waals surface area contributed by atoms with Crippen LogP contribution in [0.4, 0.5) is 0 Å². The maximum Gasteiger partial charge on any atom is 0.0328 e. The Morgan fingerprint density at radius 1 is 1.35 bits per heavy atom. The van der Waals surface area contributed by atoms with Crippen LogP contribution in [0.1, 0.15) is 53.4 Å². The molecule has 0 bridgehead atoms. The first kappa shape index (κ1) is 14.5. The van der Waals surface area contributed by atoms with Gasteiger partial charge in [-0.15, -0.1) is 0 Å². The molecule has 0 aromatic carbocycles. The molecule has 0 saturated carbocycles. The zero-order valence-corrected chi connectivity index (χ0v) is 12.5. The van der Waals surface area contributed by atoms with E-state index in [1.54, 1.807) is 0 Å². The smallest absolute Gasteiger partial charge is 0.0328 e. The van der Waals surface area contributed by atoms with Crippen molar-refractivity contribution in [2.24, 2.45) is 5.41 Å². The van der Waals surface area contributed by atoms with Crippen molar-refractivity contribution >= 4 is 0 Å². The molecule has 0 saturated heterocycles. The van der Waals surface area contributed by atoms with E-state index in [0.29, 0.717) is 11.5 Å². The third-order valence-electron chi connectivity index (χ3n) is 3.96. The lowest BCUT2D eigenvalue weighted by Crippen LogP contribution is -2.39. The molecule has 0 aromatic rings. The van der Waals surface area contributed by atoms with Crippen molar-refractivity contribution in [1.82, 2.24) is 4.90 Å². The summed E-state index contributed by atoms with van der Waals surface area (Å²) in [5.41, 5.74) is 3.40. The molecule has 0 aromatic heterocycles. The van der Waals surface area contributed by atoms with Gasteiger partial charge in [-0.05, 0) is 52.1 Å². The third kappa shape index (κ3) is 3.99. The highest BCUT2D eigenvalue weighted by Gasteiger charge is 2.29. The summed E-state index contributed by atoms with van der Waals surface area (Å²) in [6.45, 7) is 9.34. The van der Waals surface area contributed by atoms with Gasteiger partial charge in [-0.3, -0.25) is 0 Å². The molecule has 1 rings (SSSR count). The Hall–Kier alpha value is -0.560. The van der Waals surface area contributed by atoms with E-state index in [2.05, 4.69) is 58.8 Å². The molecule has 1 atom stereocenters. The lowest BCUT2D eigenvalue weighted by molar-refractivity contribution is 0.161. The summed E-state index contributed by atoms with van der Waals surface area (Å²) >= 11 is 0. The van der Waals surface area contributed by atoms with Crippen LogP contribution in [0.15, 0.2) is 23.3 Å². The van der Waals surface area contributed by atoms with Crippen molar-refractivity contribution in [2.45, 2.75) is 59.4 Å². The zero-order valence-electron chi connectivity index (χ0n) is 12.5. The molecule has 1 unspecified atom stereocenters. The molecule has 1 aliphatic carbocycles. The maximum absolute atomic E-state index is 2.48. The van der Waals surface area contributed by atoms with Crippen LogP contribution in [0.25, 0.3) is 0 Å². The molecule has 0 N–H and O–H groups in total. The zero-order chi connectivity index (χ0) is 13.1. The molecule has 0 radical (unpaired) electrons. The summed E-state index contributed by atoms with van der Waals surface area (Å²) in [5.74, 6) is 0. The van der Waals surface area contributed by atoms with Gasteiger partial charge in [0.2, 0.25) is 0 Å². The number of rotatable bonds is 2. The minimum absolute atomic E-state index is 0.363. The van der Waals surface area contributed by atoms with Gasteiger partial charge in [0, 0.05) is 6.04 Å². The Morgan fingerprint density at radius 2 is 2.00 bits per heavy atom.